The van der Waals surface area contributed by atoms with E-state index in [2.05, 4.69) is 14.9 Å². The number of anilines is 1. The van der Waals surface area contributed by atoms with Gasteiger partial charge < -0.3 is 14.2 Å². The number of oxazole rings is 1. The summed E-state index contributed by atoms with van der Waals surface area (Å²) in [6.45, 7) is 4.92. The summed E-state index contributed by atoms with van der Waals surface area (Å²) in [7, 11) is 0. The average Bonchev–Trinajstić information content (AvgIpc) is 2.91. The molecule has 128 valence electrons. The van der Waals surface area contributed by atoms with Crippen molar-refractivity contribution in [3.63, 3.8) is 0 Å². The molecule has 0 aliphatic carbocycles. The fourth-order valence-electron chi connectivity index (χ4n) is 3.08. The van der Waals surface area contributed by atoms with Crippen molar-refractivity contribution in [3.8, 4) is 0 Å². The van der Waals surface area contributed by atoms with Gasteiger partial charge in [-0.25, -0.2) is 4.98 Å². The fraction of sp³-hybridized carbons (Fsp3) is 0.316. The van der Waals surface area contributed by atoms with Crippen LogP contribution in [0.3, 0.4) is 0 Å². The summed E-state index contributed by atoms with van der Waals surface area (Å²) >= 11 is 0. The van der Waals surface area contributed by atoms with Crippen LogP contribution < -0.4 is 4.90 Å². The lowest BCUT2D eigenvalue weighted by Gasteiger charge is -2.21. The molecule has 1 saturated heterocycles. The van der Waals surface area contributed by atoms with E-state index in [1.807, 2.05) is 48.2 Å². The van der Waals surface area contributed by atoms with Crippen LogP contribution in [0.5, 0.6) is 0 Å². The van der Waals surface area contributed by atoms with Gasteiger partial charge in [0.2, 0.25) is 5.65 Å². The summed E-state index contributed by atoms with van der Waals surface area (Å²) < 4.78 is 5.81. The van der Waals surface area contributed by atoms with Crippen LogP contribution in [0.4, 0.5) is 6.01 Å². The molecule has 2 aromatic heterocycles. The molecular weight excluding hydrogens is 316 g/mol. The van der Waals surface area contributed by atoms with Crippen LogP contribution >= 0.6 is 0 Å². The second-order valence-corrected chi connectivity index (χ2v) is 6.32. The molecule has 0 unspecified atom stereocenters. The Labute approximate surface area is 146 Å². The Morgan fingerprint density at radius 2 is 1.92 bits per heavy atom. The number of nitrogens with zero attached hydrogens (tertiary/aromatic N) is 4. The molecule has 0 radical (unpaired) electrons. The van der Waals surface area contributed by atoms with Crippen LogP contribution in [0.15, 0.2) is 47.0 Å². The molecule has 1 amide bonds. The van der Waals surface area contributed by atoms with E-state index in [-0.39, 0.29) is 5.91 Å². The van der Waals surface area contributed by atoms with Crippen molar-refractivity contribution in [3.05, 3.63) is 53.7 Å². The van der Waals surface area contributed by atoms with Crippen LogP contribution in [0, 0.1) is 6.92 Å². The molecule has 3 heterocycles. The Hall–Kier alpha value is -2.89. The summed E-state index contributed by atoms with van der Waals surface area (Å²) in [5, 5.41) is 0. The number of amides is 1. The van der Waals surface area contributed by atoms with E-state index in [1.54, 1.807) is 6.20 Å². The number of rotatable bonds is 2. The molecule has 0 bridgehead atoms. The number of hydrogen-bond acceptors (Lipinski definition) is 5. The molecule has 1 aromatic carbocycles. The number of benzene rings is 1. The minimum absolute atomic E-state index is 0.0843. The SMILES string of the molecule is Cc1ccc(C(=O)N2CCCN(c3nc4ncccc4o3)CC2)cc1. The van der Waals surface area contributed by atoms with Gasteiger partial charge in [-0.1, -0.05) is 17.7 Å². The van der Waals surface area contributed by atoms with E-state index in [9.17, 15) is 4.79 Å². The molecule has 1 aliphatic rings. The predicted octanol–water partition coefficient (Wildman–Crippen LogP) is 2.88. The third-order valence-corrected chi connectivity index (χ3v) is 4.51. The van der Waals surface area contributed by atoms with E-state index in [4.69, 9.17) is 4.42 Å². The van der Waals surface area contributed by atoms with Gasteiger partial charge in [-0.15, -0.1) is 0 Å². The van der Waals surface area contributed by atoms with E-state index < -0.39 is 0 Å². The van der Waals surface area contributed by atoms with E-state index in [0.717, 1.165) is 30.6 Å². The molecule has 1 fully saturated rings. The Balaban J connectivity index is 1.48. The summed E-state index contributed by atoms with van der Waals surface area (Å²) in [6.07, 6.45) is 2.59. The minimum atomic E-state index is 0.0843. The molecule has 3 aromatic rings. The topological polar surface area (TPSA) is 62.5 Å². The molecule has 0 atom stereocenters. The Morgan fingerprint density at radius 3 is 2.72 bits per heavy atom. The average molecular weight is 336 g/mol. The van der Waals surface area contributed by atoms with E-state index >= 15 is 0 Å². The number of fused-ring (bicyclic) bond motifs is 1. The van der Waals surface area contributed by atoms with Crippen LogP contribution in [-0.4, -0.2) is 47.0 Å². The maximum absolute atomic E-state index is 12.7. The highest BCUT2D eigenvalue weighted by Gasteiger charge is 2.23. The summed E-state index contributed by atoms with van der Waals surface area (Å²) in [5.74, 6) is 0.0843. The fourth-order valence-corrected chi connectivity index (χ4v) is 3.08. The predicted molar refractivity (Wildman–Crippen MR) is 95.7 cm³/mol. The first-order chi connectivity index (χ1) is 12.2. The number of carbonyl (C=O) groups is 1. The van der Waals surface area contributed by atoms with Gasteiger partial charge in [-0.05, 0) is 37.6 Å². The van der Waals surface area contributed by atoms with Gasteiger partial charge in [0.1, 0.15) is 0 Å². The van der Waals surface area contributed by atoms with Gasteiger partial charge >= 0.3 is 0 Å². The molecular formula is C19H20N4O2. The zero-order chi connectivity index (χ0) is 17.2. The third-order valence-electron chi connectivity index (χ3n) is 4.51. The van der Waals surface area contributed by atoms with Gasteiger partial charge in [0.25, 0.3) is 11.9 Å². The van der Waals surface area contributed by atoms with Crippen molar-refractivity contribution < 1.29 is 9.21 Å². The van der Waals surface area contributed by atoms with Crippen molar-refractivity contribution in [2.24, 2.45) is 0 Å². The monoisotopic (exact) mass is 336 g/mol. The van der Waals surface area contributed by atoms with Crippen LogP contribution in [-0.2, 0) is 0 Å². The molecule has 0 spiro atoms. The van der Waals surface area contributed by atoms with Crippen molar-refractivity contribution in [1.82, 2.24) is 14.9 Å². The van der Waals surface area contributed by atoms with Gasteiger partial charge in [0, 0.05) is 37.9 Å². The maximum atomic E-state index is 12.7. The highest BCUT2D eigenvalue weighted by atomic mass is 16.4. The van der Waals surface area contributed by atoms with Gasteiger partial charge in [0.15, 0.2) is 5.58 Å². The molecule has 0 saturated carbocycles. The lowest BCUT2D eigenvalue weighted by atomic mass is 10.1. The third kappa shape index (κ3) is 3.20. The van der Waals surface area contributed by atoms with Gasteiger partial charge in [-0.3, -0.25) is 4.79 Å². The smallest absolute Gasteiger partial charge is 0.300 e. The number of pyridine rings is 1. The molecule has 25 heavy (non-hydrogen) atoms. The van der Waals surface area contributed by atoms with Gasteiger partial charge in [-0.2, -0.15) is 4.98 Å². The van der Waals surface area contributed by atoms with Crippen LogP contribution in [0.25, 0.3) is 11.2 Å². The first-order valence-corrected chi connectivity index (χ1v) is 8.53. The Kier molecular flexibility index (Phi) is 4.09. The number of hydrogen-bond donors (Lipinski definition) is 0. The quantitative estimate of drug-likeness (QED) is 0.720. The van der Waals surface area contributed by atoms with Crippen molar-refractivity contribution in [2.45, 2.75) is 13.3 Å². The second kappa shape index (κ2) is 6.55. The molecule has 4 rings (SSSR count). The van der Waals surface area contributed by atoms with Crippen LogP contribution in [0.1, 0.15) is 22.3 Å². The lowest BCUT2D eigenvalue weighted by Crippen LogP contribution is -2.35. The zero-order valence-corrected chi connectivity index (χ0v) is 14.2. The first kappa shape index (κ1) is 15.6. The van der Waals surface area contributed by atoms with Crippen molar-refractivity contribution in [1.29, 1.82) is 0 Å². The lowest BCUT2D eigenvalue weighted by molar-refractivity contribution is 0.0767. The summed E-state index contributed by atoms with van der Waals surface area (Å²) in [5.41, 5.74) is 3.21. The first-order valence-electron chi connectivity index (χ1n) is 8.53. The van der Waals surface area contributed by atoms with E-state index in [1.165, 1.54) is 0 Å². The van der Waals surface area contributed by atoms with Gasteiger partial charge in [0.05, 0.1) is 0 Å². The number of carbonyl (C=O) groups excluding carboxylic acids is 1. The summed E-state index contributed by atoms with van der Waals surface area (Å²) in [4.78, 5) is 25.4. The molecule has 6 heteroatoms. The standard InChI is InChI=1S/C19H20N4O2/c1-14-5-7-15(8-6-14)18(24)22-10-3-11-23(13-12-22)19-21-17-16(25-19)4-2-9-20-17/h2,4-9H,3,10-13H2,1H3. The Morgan fingerprint density at radius 1 is 1.08 bits per heavy atom. The molecule has 1 aliphatic heterocycles. The van der Waals surface area contributed by atoms with Crippen molar-refractivity contribution >= 4 is 23.2 Å². The van der Waals surface area contributed by atoms with E-state index in [0.29, 0.717) is 30.3 Å². The van der Waals surface area contributed by atoms with Crippen molar-refractivity contribution in [2.75, 3.05) is 31.1 Å². The number of aryl methyl sites for hydroxylation is 1. The molecule has 0 N–H and O–H groups in total. The highest BCUT2D eigenvalue weighted by Crippen LogP contribution is 2.21. The Bertz CT molecular complexity index is 855. The highest BCUT2D eigenvalue weighted by molar-refractivity contribution is 5.94. The molecule has 6 nitrogen and oxygen atoms in total. The zero-order valence-electron chi connectivity index (χ0n) is 14.2. The minimum Gasteiger partial charge on any atom is -0.422 e. The maximum Gasteiger partial charge on any atom is 0.300 e. The summed E-state index contributed by atoms with van der Waals surface area (Å²) in [6, 6.07) is 12.0. The largest absolute Gasteiger partial charge is 0.422 e. The normalized spacial score (nSPS) is 15.4. The second-order valence-electron chi connectivity index (χ2n) is 6.32. The van der Waals surface area contributed by atoms with Crippen LogP contribution in [0.2, 0.25) is 0 Å². The number of aromatic nitrogens is 2.